The second-order valence-corrected chi connectivity index (χ2v) is 4.42. The minimum absolute atomic E-state index is 0.113. The van der Waals surface area contributed by atoms with Gasteiger partial charge in [-0.1, -0.05) is 6.42 Å². The van der Waals surface area contributed by atoms with E-state index in [4.69, 9.17) is 0 Å². The fourth-order valence-electron chi connectivity index (χ4n) is 2.00. The third kappa shape index (κ3) is 3.15. The van der Waals surface area contributed by atoms with Crippen LogP contribution in [0, 0.1) is 11.6 Å². The number of anilines is 1. The fourth-order valence-corrected chi connectivity index (χ4v) is 2.00. The summed E-state index contributed by atoms with van der Waals surface area (Å²) in [6.07, 6.45) is 5.76. The Hall–Kier alpha value is -1.71. The molecule has 1 fully saturated rings. The highest BCUT2D eigenvalue weighted by atomic mass is 19.1. The normalized spacial score (nSPS) is 18.8. The van der Waals surface area contributed by atoms with Crippen LogP contribution in [0.1, 0.15) is 32.1 Å². The van der Waals surface area contributed by atoms with Crippen molar-refractivity contribution in [3.8, 4) is 0 Å². The van der Waals surface area contributed by atoms with E-state index in [0.29, 0.717) is 18.4 Å². The van der Waals surface area contributed by atoms with E-state index >= 15 is 0 Å². The molecule has 1 saturated carbocycles. The lowest BCUT2D eigenvalue weighted by Crippen LogP contribution is -2.03. The summed E-state index contributed by atoms with van der Waals surface area (Å²) < 4.78 is 26.1. The monoisotopic (exact) mass is 251 g/mol. The number of rotatable bonds is 2. The first-order valence-electron chi connectivity index (χ1n) is 6.10. The predicted molar refractivity (Wildman–Crippen MR) is 66.2 cm³/mol. The number of ketones is 1. The number of hydrogen-bond donors (Lipinski definition) is 1. The van der Waals surface area contributed by atoms with Gasteiger partial charge < -0.3 is 5.32 Å². The van der Waals surface area contributed by atoms with Gasteiger partial charge in [0.05, 0.1) is 5.69 Å². The van der Waals surface area contributed by atoms with Crippen LogP contribution in [0.2, 0.25) is 0 Å². The molecule has 2 rings (SSSR count). The average molecular weight is 251 g/mol. The van der Waals surface area contributed by atoms with Crippen LogP contribution in [0.25, 0.3) is 0 Å². The van der Waals surface area contributed by atoms with Gasteiger partial charge in [-0.2, -0.15) is 0 Å². The van der Waals surface area contributed by atoms with Crippen molar-refractivity contribution in [3.63, 3.8) is 0 Å². The number of benzene rings is 1. The molecule has 0 spiro atoms. The summed E-state index contributed by atoms with van der Waals surface area (Å²) in [4.78, 5) is 11.7. The lowest BCUT2D eigenvalue weighted by molar-refractivity contribution is -0.115. The van der Waals surface area contributed by atoms with Crippen LogP contribution in [0.15, 0.2) is 30.0 Å². The molecule has 1 aliphatic rings. The van der Waals surface area contributed by atoms with Crippen LogP contribution < -0.4 is 5.32 Å². The second-order valence-electron chi connectivity index (χ2n) is 4.42. The van der Waals surface area contributed by atoms with E-state index in [0.717, 1.165) is 25.3 Å². The molecule has 1 aliphatic carbocycles. The Labute approximate surface area is 105 Å². The first kappa shape index (κ1) is 12.7. The van der Waals surface area contributed by atoms with Crippen LogP contribution >= 0.6 is 0 Å². The Kier molecular flexibility index (Phi) is 4.07. The van der Waals surface area contributed by atoms with Crippen molar-refractivity contribution in [2.75, 3.05) is 5.32 Å². The van der Waals surface area contributed by atoms with E-state index in [9.17, 15) is 13.6 Å². The summed E-state index contributed by atoms with van der Waals surface area (Å²) in [6.45, 7) is 0. The smallest absolute Gasteiger partial charge is 0.160 e. The molecule has 0 radical (unpaired) electrons. The Balaban J connectivity index is 2.11. The zero-order valence-electron chi connectivity index (χ0n) is 10.0. The van der Waals surface area contributed by atoms with Gasteiger partial charge in [0.25, 0.3) is 0 Å². The van der Waals surface area contributed by atoms with Gasteiger partial charge in [0, 0.05) is 24.3 Å². The van der Waals surface area contributed by atoms with Crippen molar-refractivity contribution in [3.05, 3.63) is 41.6 Å². The molecule has 0 amide bonds. The SMILES string of the molecule is O=C1CCCCCC1=CNc1ccc(F)cc1F. The van der Waals surface area contributed by atoms with Gasteiger partial charge >= 0.3 is 0 Å². The minimum Gasteiger partial charge on any atom is -0.359 e. The predicted octanol–water partition coefficient (Wildman–Crippen LogP) is 3.79. The number of carbonyl (C=O) groups excluding carboxylic acids is 1. The van der Waals surface area contributed by atoms with E-state index in [1.807, 2.05) is 0 Å². The maximum Gasteiger partial charge on any atom is 0.160 e. The third-order valence-corrected chi connectivity index (χ3v) is 3.04. The van der Waals surface area contributed by atoms with Gasteiger partial charge in [-0.05, 0) is 31.4 Å². The summed E-state index contributed by atoms with van der Waals surface area (Å²) in [5.74, 6) is -1.16. The molecular weight excluding hydrogens is 236 g/mol. The average Bonchev–Trinajstić information content (AvgIpc) is 2.53. The molecule has 2 nitrogen and oxygen atoms in total. The van der Waals surface area contributed by atoms with Crippen LogP contribution in [-0.2, 0) is 4.79 Å². The molecule has 1 N–H and O–H groups in total. The lowest BCUT2D eigenvalue weighted by atomic mass is 10.1. The molecule has 0 aliphatic heterocycles. The number of allylic oxidation sites excluding steroid dienone is 1. The summed E-state index contributed by atoms with van der Waals surface area (Å²) in [7, 11) is 0. The van der Waals surface area contributed by atoms with Crippen LogP contribution in [-0.4, -0.2) is 5.78 Å². The maximum absolute atomic E-state index is 13.4. The van der Waals surface area contributed by atoms with Crippen LogP contribution in [0.5, 0.6) is 0 Å². The number of Topliss-reactive ketones (excluding diaryl/α,β-unsaturated/α-hetero) is 1. The van der Waals surface area contributed by atoms with Gasteiger partial charge in [-0.25, -0.2) is 8.78 Å². The molecule has 0 atom stereocenters. The molecule has 0 bridgehead atoms. The standard InChI is InChI=1S/C14H15F2NO/c15-11-6-7-13(12(16)8-11)17-9-10-4-2-1-3-5-14(10)18/h6-9,17H,1-5H2. The molecule has 1 aromatic rings. The van der Waals surface area contributed by atoms with Gasteiger partial charge in [0.1, 0.15) is 11.6 Å². The zero-order chi connectivity index (χ0) is 13.0. The Bertz CT molecular complexity index is 483. The summed E-state index contributed by atoms with van der Waals surface area (Å²) in [6, 6.07) is 3.32. The lowest BCUT2D eigenvalue weighted by Gasteiger charge is -2.06. The Morgan fingerprint density at radius 1 is 1.11 bits per heavy atom. The highest BCUT2D eigenvalue weighted by Gasteiger charge is 2.13. The Morgan fingerprint density at radius 3 is 2.67 bits per heavy atom. The van der Waals surface area contributed by atoms with Gasteiger partial charge in [0.2, 0.25) is 0 Å². The van der Waals surface area contributed by atoms with Gasteiger partial charge in [-0.15, -0.1) is 0 Å². The molecular formula is C14H15F2NO. The highest BCUT2D eigenvalue weighted by Crippen LogP contribution is 2.20. The number of halogens is 2. The van der Waals surface area contributed by atoms with Crippen molar-refractivity contribution >= 4 is 11.5 Å². The van der Waals surface area contributed by atoms with Gasteiger partial charge in [-0.3, -0.25) is 4.79 Å². The quantitative estimate of drug-likeness (QED) is 0.640. The van der Waals surface area contributed by atoms with E-state index in [-0.39, 0.29) is 11.5 Å². The van der Waals surface area contributed by atoms with Crippen molar-refractivity contribution < 1.29 is 13.6 Å². The summed E-state index contributed by atoms with van der Waals surface area (Å²) in [5, 5.41) is 2.74. The second kappa shape index (κ2) is 5.76. The molecule has 4 heteroatoms. The van der Waals surface area contributed by atoms with E-state index < -0.39 is 11.6 Å². The largest absolute Gasteiger partial charge is 0.359 e. The van der Waals surface area contributed by atoms with E-state index in [2.05, 4.69) is 5.32 Å². The molecule has 0 heterocycles. The topological polar surface area (TPSA) is 29.1 Å². The molecule has 96 valence electrons. The molecule has 0 unspecified atom stereocenters. The number of carbonyl (C=O) groups is 1. The van der Waals surface area contributed by atoms with Crippen molar-refractivity contribution in [2.24, 2.45) is 0 Å². The number of nitrogens with one attached hydrogen (secondary N) is 1. The first-order valence-corrected chi connectivity index (χ1v) is 6.10. The van der Waals surface area contributed by atoms with E-state index in [1.54, 1.807) is 6.20 Å². The van der Waals surface area contributed by atoms with Gasteiger partial charge in [0.15, 0.2) is 5.78 Å². The Morgan fingerprint density at radius 2 is 1.89 bits per heavy atom. The molecule has 0 aromatic heterocycles. The van der Waals surface area contributed by atoms with E-state index in [1.165, 1.54) is 12.1 Å². The third-order valence-electron chi connectivity index (χ3n) is 3.04. The van der Waals surface area contributed by atoms with Crippen molar-refractivity contribution in [1.29, 1.82) is 0 Å². The first-order chi connectivity index (χ1) is 8.66. The fraction of sp³-hybridized carbons (Fsp3) is 0.357. The molecule has 1 aromatic carbocycles. The van der Waals surface area contributed by atoms with Crippen LogP contribution in [0.3, 0.4) is 0 Å². The van der Waals surface area contributed by atoms with Crippen LogP contribution in [0.4, 0.5) is 14.5 Å². The maximum atomic E-state index is 13.4. The van der Waals surface area contributed by atoms with Crippen molar-refractivity contribution in [1.82, 2.24) is 0 Å². The number of hydrogen-bond acceptors (Lipinski definition) is 2. The molecule has 0 saturated heterocycles. The zero-order valence-corrected chi connectivity index (χ0v) is 10.0. The molecule has 18 heavy (non-hydrogen) atoms. The highest BCUT2D eigenvalue weighted by molar-refractivity contribution is 5.95. The summed E-state index contributed by atoms with van der Waals surface area (Å²) in [5.41, 5.74) is 0.872. The summed E-state index contributed by atoms with van der Waals surface area (Å²) >= 11 is 0. The minimum atomic E-state index is -0.659. The van der Waals surface area contributed by atoms with Crippen molar-refractivity contribution in [2.45, 2.75) is 32.1 Å².